The first kappa shape index (κ1) is 20.3. The van der Waals surface area contributed by atoms with E-state index in [9.17, 15) is 4.79 Å². The lowest BCUT2D eigenvalue weighted by Gasteiger charge is -2.24. The van der Waals surface area contributed by atoms with E-state index in [2.05, 4.69) is 32.8 Å². The molecule has 1 heterocycles. The first-order chi connectivity index (χ1) is 13.5. The van der Waals surface area contributed by atoms with Crippen molar-refractivity contribution in [2.75, 3.05) is 18.9 Å². The van der Waals surface area contributed by atoms with Crippen LogP contribution in [0.2, 0.25) is 0 Å². The molecule has 0 aliphatic heterocycles. The highest BCUT2D eigenvalue weighted by molar-refractivity contribution is 7.09. The lowest BCUT2D eigenvalue weighted by Crippen LogP contribution is -2.38. The van der Waals surface area contributed by atoms with Gasteiger partial charge in [0.15, 0.2) is 5.96 Å². The number of anilines is 1. The van der Waals surface area contributed by atoms with E-state index in [-0.39, 0.29) is 11.8 Å². The zero-order chi connectivity index (χ0) is 19.9. The van der Waals surface area contributed by atoms with Crippen LogP contribution in [0.3, 0.4) is 0 Å². The van der Waals surface area contributed by atoms with Gasteiger partial charge >= 0.3 is 0 Å². The summed E-state index contributed by atoms with van der Waals surface area (Å²) >= 11 is 1.66. The normalized spacial score (nSPS) is 14.5. The molecular weight excluding hydrogens is 370 g/mol. The molecule has 2 N–H and O–H groups in total. The van der Waals surface area contributed by atoms with Crippen LogP contribution in [0.5, 0.6) is 0 Å². The highest BCUT2D eigenvalue weighted by Crippen LogP contribution is 2.27. The van der Waals surface area contributed by atoms with Gasteiger partial charge in [0, 0.05) is 30.6 Å². The smallest absolute Gasteiger partial charge is 0.227 e. The molecule has 7 heteroatoms. The summed E-state index contributed by atoms with van der Waals surface area (Å²) in [6.45, 7) is 6.15. The van der Waals surface area contributed by atoms with Crippen LogP contribution in [-0.2, 0) is 17.9 Å². The fraction of sp³-hybridized carbons (Fsp3) is 0.476. The van der Waals surface area contributed by atoms with E-state index >= 15 is 0 Å². The number of amides is 1. The zero-order valence-corrected chi connectivity index (χ0v) is 17.7. The second kappa shape index (κ2) is 9.68. The monoisotopic (exact) mass is 399 g/mol. The average Bonchev–Trinajstić information content (AvgIpc) is 3.02. The Kier molecular flexibility index (Phi) is 7.03. The summed E-state index contributed by atoms with van der Waals surface area (Å²) in [6.07, 6.45) is 3.17. The second-order valence-electron chi connectivity index (χ2n) is 7.20. The Morgan fingerprint density at radius 3 is 2.86 bits per heavy atom. The van der Waals surface area contributed by atoms with Crippen LogP contribution in [0, 0.1) is 12.8 Å². The molecule has 2 aromatic rings. The molecule has 28 heavy (non-hydrogen) atoms. The number of aliphatic imine (C=N–C) groups is 1. The number of aryl methyl sites for hydroxylation is 1. The number of nitrogens with one attached hydrogen (secondary N) is 2. The molecule has 150 valence electrons. The molecule has 0 atom stereocenters. The van der Waals surface area contributed by atoms with Gasteiger partial charge in [0.25, 0.3) is 0 Å². The van der Waals surface area contributed by atoms with Crippen molar-refractivity contribution in [3.8, 4) is 0 Å². The van der Waals surface area contributed by atoms with E-state index in [4.69, 9.17) is 4.99 Å². The fourth-order valence-corrected chi connectivity index (χ4v) is 3.70. The minimum atomic E-state index is 0.138. The van der Waals surface area contributed by atoms with Gasteiger partial charge in [-0.3, -0.25) is 4.79 Å². The average molecular weight is 400 g/mol. The molecule has 1 aliphatic rings. The quantitative estimate of drug-likeness (QED) is 0.549. The number of hydrogen-bond donors (Lipinski definition) is 2. The first-order valence-corrected chi connectivity index (χ1v) is 10.7. The standard InChI is InChI=1S/C21H29N5OS/c1-4-22-21(26(3)13-19-14-28-15(2)24-19)23-12-16-7-5-10-18(11-16)25-20(27)17-8-6-9-17/h5,7,10-11,14,17H,4,6,8-9,12-13H2,1-3H3,(H,22,23)(H,25,27). The second-order valence-corrected chi connectivity index (χ2v) is 8.26. The Bertz CT molecular complexity index is 828. The topological polar surface area (TPSA) is 69.6 Å². The summed E-state index contributed by atoms with van der Waals surface area (Å²) in [5.41, 5.74) is 2.97. The van der Waals surface area contributed by atoms with Crippen LogP contribution in [0.1, 0.15) is 42.5 Å². The van der Waals surface area contributed by atoms with Crippen molar-refractivity contribution in [3.63, 3.8) is 0 Å². The summed E-state index contributed by atoms with van der Waals surface area (Å²) in [5.74, 6) is 1.17. The van der Waals surface area contributed by atoms with Crippen LogP contribution in [0.4, 0.5) is 5.69 Å². The summed E-state index contributed by atoms with van der Waals surface area (Å²) < 4.78 is 0. The molecule has 0 saturated heterocycles. The van der Waals surface area contributed by atoms with Gasteiger partial charge in [0.05, 0.1) is 23.8 Å². The predicted molar refractivity (Wildman–Crippen MR) is 116 cm³/mol. The van der Waals surface area contributed by atoms with E-state index in [0.717, 1.165) is 53.7 Å². The van der Waals surface area contributed by atoms with Gasteiger partial charge < -0.3 is 15.5 Å². The molecule has 1 fully saturated rings. The predicted octanol–water partition coefficient (Wildman–Crippen LogP) is 3.79. The van der Waals surface area contributed by atoms with Crippen molar-refractivity contribution in [2.45, 2.75) is 46.2 Å². The molecule has 1 saturated carbocycles. The number of rotatable bonds is 7. The summed E-state index contributed by atoms with van der Waals surface area (Å²) in [7, 11) is 2.02. The van der Waals surface area contributed by atoms with Gasteiger partial charge in [0.1, 0.15) is 0 Å². The van der Waals surface area contributed by atoms with Crippen LogP contribution < -0.4 is 10.6 Å². The summed E-state index contributed by atoms with van der Waals surface area (Å²) in [6, 6.07) is 7.95. The first-order valence-electron chi connectivity index (χ1n) is 9.85. The van der Waals surface area contributed by atoms with Crippen molar-refractivity contribution in [3.05, 3.63) is 45.9 Å². The third kappa shape index (κ3) is 5.55. The molecule has 6 nitrogen and oxygen atoms in total. The van der Waals surface area contributed by atoms with Gasteiger partial charge in [-0.15, -0.1) is 11.3 Å². The number of guanidine groups is 1. The van der Waals surface area contributed by atoms with Crippen molar-refractivity contribution in [1.29, 1.82) is 0 Å². The number of aromatic nitrogens is 1. The largest absolute Gasteiger partial charge is 0.357 e. The third-order valence-corrected chi connectivity index (χ3v) is 5.67. The Labute approximate surface area is 171 Å². The molecule has 1 aromatic heterocycles. The Morgan fingerprint density at radius 2 is 2.21 bits per heavy atom. The van der Waals surface area contributed by atoms with E-state index in [1.807, 2.05) is 38.2 Å². The lowest BCUT2D eigenvalue weighted by atomic mass is 9.85. The molecule has 1 amide bonds. The van der Waals surface area contributed by atoms with Crippen molar-refractivity contribution in [2.24, 2.45) is 10.9 Å². The molecule has 0 radical (unpaired) electrons. The molecule has 1 aliphatic carbocycles. The number of thiazole rings is 1. The van der Waals surface area contributed by atoms with Gasteiger partial charge in [-0.1, -0.05) is 18.6 Å². The highest BCUT2D eigenvalue weighted by Gasteiger charge is 2.25. The van der Waals surface area contributed by atoms with Gasteiger partial charge in [-0.25, -0.2) is 9.98 Å². The van der Waals surface area contributed by atoms with E-state index in [0.29, 0.717) is 13.1 Å². The zero-order valence-electron chi connectivity index (χ0n) is 16.9. The molecule has 1 aromatic carbocycles. The van der Waals surface area contributed by atoms with Crippen molar-refractivity contribution >= 4 is 28.9 Å². The minimum Gasteiger partial charge on any atom is -0.357 e. The number of carbonyl (C=O) groups is 1. The molecule has 0 unspecified atom stereocenters. The number of benzene rings is 1. The van der Waals surface area contributed by atoms with Crippen LogP contribution in [0.15, 0.2) is 34.6 Å². The van der Waals surface area contributed by atoms with Gasteiger partial charge in [-0.2, -0.15) is 0 Å². The number of nitrogens with zero attached hydrogens (tertiary/aromatic N) is 3. The maximum atomic E-state index is 12.2. The number of carbonyl (C=O) groups excluding carboxylic acids is 1. The Morgan fingerprint density at radius 1 is 1.39 bits per heavy atom. The molecule has 0 spiro atoms. The Balaban J connectivity index is 1.63. The van der Waals surface area contributed by atoms with Gasteiger partial charge in [0.2, 0.25) is 5.91 Å². The van der Waals surface area contributed by atoms with E-state index in [1.165, 1.54) is 0 Å². The van der Waals surface area contributed by atoms with E-state index in [1.54, 1.807) is 11.3 Å². The number of hydrogen-bond acceptors (Lipinski definition) is 4. The Hall–Kier alpha value is -2.41. The lowest BCUT2D eigenvalue weighted by molar-refractivity contribution is -0.122. The minimum absolute atomic E-state index is 0.138. The SMILES string of the molecule is CCNC(=NCc1cccc(NC(=O)C2CCC2)c1)N(C)Cc1csc(C)n1. The summed E-state index contributed by atoms with van der Waals surface area (Å²) in [4.78, 5) is 23.5. The van der Waals surface area contributed by atoms with Crippen molar-refractivity contribution < 1.29 is 4.79 Å². The van der Waals surface area contributed by atoms with Crippen LogP contribution in [0.25, 0.3) is 0 Å². The highest BCUT2D eigenvalue weighted by atomic mass is 32.1. The van der Waals surface area contributed by atoms with E-state index < -0.39 is 0 Å². The molecule has 3 rings (SSSR count). The fourth-order valence-electron chi connectivity index (χ4n) is 3.10. The molecule has 0 bridgehead atoms. The maximum Gasteiger partial charge on any atom is 0.227 e. The maximum absolute atomic E-state index is 12.2. The van der Waals surface area contributed by atoms with Crippen LogP contribution in [-0.4, -0.2) is 35.3 Å². The summed E-state index contributed by atoms with van der Waals surface area (Å²) in [5, 5.41) is 9.53. The van der Waals surface area contributed by atoms with Gasteiger partial charge in [-0.05, 0) is 44.4 Å². The van der Waals surface area contributed by atoms with Crippen molar-refractivity contribution in [1.82, 2.24) is 15.2 Å². The van der Waals surface area contributed by atoms with Crippen LogP contribution >= 0.6 is 11.3 Å². The third-order valence-electron chi connectivity index (χ3n) is 4.84. The molecular formula is C21H29N5OS.